The van der Waals surface area contributed by atoms with Gasteiger partial charge in [0.25, 0.3) is 5.91 Å². The predicted octanol–water partition coefficient (Wildman–Crippen LogP) is 6.23. The molecular weight excluding hydrogens is 464 g/mol. The molecule has 5 nitrogen and oxygen atoms in total. The van der Waals surface area contributed by atoms with E-state index in [0.717, 1.165) is 22.1 Å². The fraction of sp³-hybridized carbons (Fsp3) is 0.304. The molecule has 0 spiro atoms. The molecule has 1 aliphatic rings. The number of hydrogen-bond donors (Lipinski definition) is 1. The van der Waals surface area contributed by atoms with Crippen LogP contribution in [0.25, 0.3) is 6.08 Å². The summed E-state index contributed by atoms with van der Waals surface area (Å²) in [5, 5.41) is 3.39. The lowest BCUT2D eigenvalue weighted by Gasteiger charge is -2.18. The van der Waals surface area contributed by atoms with Gasteiger partial charge < -0.3 is 14.8 Å². The summed E-state index contributed by atoms with van der Waals surface area (Å²) in [7, 11) is 0. The van der Waals surface area contributed by atoms with Gasteiger partial charge in [-0.3, -0.25) is 4.79 Å². The molecule has 7 heteroatoms. The Morgan fingerprint density at radius 2 is 1.97 bits per heavy atom. The smallest absolute Gasteiger partial charge is 0.264 e. The topological polar surface area (TPSA) is 59.9 Å². The van der Waals surface area contributed by atoms with Crippen LogP contribution in [0.4, 0.5) is 5.69 Å². The van der Waals surface area contributed by atoms with E-state index in [0.29, 0.717) is 28.2 Å². The van der Waals surface area contributed by atoms with Crippen LogP contribution in [-0.4, -0.2) is 23.8 Å². The van der Waals surface area contributed by atoms with Crippen molar-refractivity contribution in [2.75, 3.05) is 6.61 Å². The van der Waals surface area contributed by atoms with E-state index in [4.69, 9.17) is 9.47 Å². The van der Waals surface area contributed by atoms with Gasteiger partial charge in [0, 0.05) is 0 Å². The summed E-state index contributed by atoms with van der Waals surface area (Å²) in [6, 6.07) is 11.7. The molecule has 1 aliphatic heterocycles. The van der Waals surface area contributed by atoms with E-state index in [1.54, 1.807) is 0 Å². The fourth-order valence-electron chi connectivity index (χ4n) is 2.70. The Morgan fingerprint density at radius 3 is 2.63 bits per heavy atom. The van der Waals surface area contributed by atoms with Crippen molar-refractivity contribution in [1.82, 2.24) is 5.32 Å². The lowest BCUT2D eigenvalue weighted by atomic mass is 10.1. The summed E-state index contributed by atoms with van der Waals surface area (Å²) >= 11 is 4.91. The largest absolute Gasteiger partial charge is 0.490 e. The number of thioether (sulfide) groups is 1. The number of aliphatic imine (C=N–C) groups is 1. The van der Waals surface area contributed by atoms with Crippen LogP contribution in [0, 0.1) is 6.92 Å². The second-order valence-corrected chi connectivity index (χ2v) is 8.80. The molecule has 2 aromatic rings. The molecule has 0 bridgehead atoms. The minimum Gasteiger partial charge on any atom is -0.490 e. The molecule has 30 heavy (non-hydrogen) atoms. The number of carbonyl (C=O) groups is 1. The number of hydrogen-bond acceptors (Lipinski definition) is 5. The van der Waals surface area contributed by atoms with Crippen molar-refractivity contribution < 1.29 is 14.3 Å². The number of benzene rings is 2. The molecule has 2 aromatic carbocycles. The summed E-state index contributed by atoms with van der Waals surface area (Å²) in [6.45, 7) is 8.57. The van der Waals surface area contributed by atoms with Crippen LogP contribution in [0.5, 0.6) is 11.5 Å². The Balaban J connectivity index is 1.86. The van der Waals surface area contributed by atoms with Crippen molar-refractivity contribution in [3.63, 3.8) is 0 Å². The summed E-state index contributed by atoms with van der Waals surface area (Å²) in [5.41, 5.74) is 2.81. The van der Waals surface area contributed by atoms with Gasteiger partial charge in [0.2, 0.25) is 0 Å². The highest BCUT2D eigenvalue weighted by Gasteiger charge is 2.24. The molecular formula is C23H25BrN2O3S. The molecule has 1 N–H and O–H groups in total. The molecule has 0 aliphatic carbocycles. The average molecular weight is 489 g/mol. The Morgan fingerprint density at radius 1 is 1.23 bits per heavy atom. The van der Waals surface area contributed by atoms with Crippen LogP contribution in [0.15, 0.2) is 50.8 Å². The van der Waals surface area contributed by atoms with Gasteiger partial charge in [0.1, 0.15) is 0 Å². The lowest BCUT2D eigenvalue weighted by molar-refractivity contribution is -0.115. The van der Waals surface area contributed by atoms with Crippen molar-refractivity contribution >= 4 is 50.5 Å². The first-order valence-electron chi connectivity index (χ1n) is 9.88. The van der Waals surface area contributed by atoms with Gasteiger partial charge in [-0.2, -0.15) is 0 Å². The van der Waals surface area contributed by atoms with Crippen molar-refractivity contribution in [3.8, 4) is 11.5 Å². The van der Waals surface area contributed by atoms with Crippen molar-refractivity contribution in [2.45, 2.75) is 40.2 Å². The number of carbonyl (C=O) groups excluding carboxylic acids is 1. The average Bonchev–Trinajstić information content (AvgIpc) is 3.05. The minimum absolute atomic E-state index is 0.0708. The zero-order valence-electron chi connectivity index (χ0n) is 17.5. The first kappa shape index (κ1) is 22.4. The lowest BCUT2D eigenvalue weighted by Crippen LogP contribution is -2.19. The van der Waals surface area contributed by atoms with Gasteiger partial charge in [-0.25, -0.2) is 4.99 Å². The first-order chi connectivity index (χ1) is 14.4. The zero-order chi connectivity index (χ0) is 21.7. The third-order valence-corrected chi connectivity index (χ3v) is 5.94. The van der Waals surface area contributed by atoms with E-state index in [-0.39, 0.29) is 12.0 Å². The maximum atomic E-state index is 12.4. The number of amides is 1. The number of ether oxygens (including phenoxy) is 2. The van der Waals surface area contributed by atoms with E-state index in [1.807, 2.05) is 63.2 Å². The molecule has 0 saturated carbocycles. The monoisotopic (exact) mass is 488 g/mol. The summed E-state index contributed by atoms with van der Waals surface area (Å²) in [6.07, 6.45) is 2.79. The molecule has 0 aromatic heterocycles. The Kier molecular flexibility index (Phi) is 7.61. The fourth-order valence-corrected chi connectivity index (χ4v) is 4.10. The Labute approximate surface area is 190 Å². The molecule has 0 unspecified atom stereocenters. The normalized spacial score (nSPS) is 17.3. The van der Waals surface area contributed by atoms with Crippen LogP contribution in [0.2, 0.25) is 0 Å². The quantitative estimate of drug-likeness (QED) is 0.469. The second-order valence-electron chi connectivity index (χ2n) is 6.92. The zero-order valence-corrected chi connectivity index (χ0v) is 19.9. The number of nitrogens with zero attached hydrogens (tertiary/aromatic N) is 1. The van der Waals surface area contributed by atoms with Crippen LogP contribution in [0.1, 0.15) is 38.3 Å². The molecule has 1 fully saturated rings. The van der Waals surface area contributed by atoms with Crippen LogP contribution in [-0.2, 0) is 4.79 Å². The molecule has 1 heterocycles. The predicted molar refractivity (Wildman–Crippen MR) is 128 cm³/mol. The molecule has 158 valence electrons. The van der Waals surface area contributed by atoms with Gasteiger partial charge in [-0.1, -0.05) is 24.6 Å². The van der Waals surface area contributed by atoms with Gasteiger partial charge in [0.15, 0.2) is 16.7 Å². The summed E-state index contributed by atoms with van der Waals surface area (Å²) in [4.78, 5) is 17.5. The standard InChI is InChI=1S/C23H25BrN2O3S/c1-5-15(4)29-21-18(24)11-16(12-19(21)28-6-2)13-20-22(27)26-23(30-20)25-17-9-7-14(3)8-10-17/h7-13,15H,5-6H2,1-4H3,(H,25,26,27)/b20-13+/t15-/m1/s1. The van der Waals surface area contributed by atoms with Crippen LogP contribution >= 0.6 is 27.7 Å². The highest BCUT2D eigenvalue weighted by Crippen LogP contribution is 2.39. The van der Waals surface area contributed by atoms with Crippen LogP contribution < -0.4 is 14.8 Å². The SMILES string of the molecule is CCOc1cc(/C=C2/SC(=Nc3ccc(C)cc3)NC2=O)cc(Br)c1O[C@H](C)CC. The third kappa shape index (κ3) is 5.67. The van der Waals surface area contributed by atoms with Crippen molar-refractivity contribution in [1.29, 1.82) is 0 Å². The minimum atomic E-state index is -0.167. The van der Waals surface area contributed by atoms with E-state index >= 15 is 0 Å². The van der Waals surface area contributed by atoms with E-state index < -0.39 is 0 Å². The van der Waals surface area contributed by atoms with Crippen molar-refractivity contribution in [2.24, 2.45) is 4.99 Å². The number of rotatable bonds is 7. The highest BCUT2D eigenvalue weighted by atomic mass is 79.9. The van der Waals surface area contributed by atoms with Gasteiger partial charge >= 0.3 is 0 Å². The van der Waals surface area contributed by atoms with Gasteiger partial charge in [0.05, 0.1) is 27.8 Å². The maximum absolute atomic E-state index is 12.4. The van der Waals surface area contributed by atoms with Crippen molar-refractivity contribution in [3.05, 3.63) is 56.9 Å². The molecule has 3 rings (SSSR count). The van der Waals surface area contributed by atoms with Crippen LogP contribution in [0.3, 0.4) is 0 Å². The molecule has 1 atom stereocenters. The second kappa shape index (κ2) is 10.2. The Bertz CT molecular complexity index is 987. The van der Waals surface area contributed by atoms with E-state index in [1.165, 1.54) is 17.3 Å². The van der Waals surface area contributed by atoms with E-state index in [9.17, 15) is 4.79 Å². The molecule has 0 radical (unpaired) electrons. The summed E-state index contributed by atoms with van der Waals surface area (Å²) in [5.74, 6) is 1.16. The third-order valence-electron chi connectivity index (χ3n) is 4.44. The maximum Gasteiger partial charge on any atom is 0.264 e. The van der Waals surface area contributed by atoms with Gasteiger partial charge in [-0.15, -0.1) is 0 Å². The molecule has 1 amide bonds. The highest BCUT2D eigenvalue weighted by molar-refractivity contribution is 9.10. The van der Waals surface area contributed by atoms with E-state index in [2.05, 4.69) is 33.2 Å². The Hall–Kier alpha value is -2.25. The number of amidine groups is 1. The number of aryl methyl sites for hydroxylation is 1. The number of nitrogens with one attached hydrogen (secondary N) is 1. The summed E-state index contributed by atoms with van der Waals surface area (Å²) < 4.78 is 12.6. The number of halogens is 1. The van der Waals surface area contributed by atoms with Gasteiger partial charge in [-0.05, 0) is 90.8 Å². The first-order valence-corrected chi connectivity index (χ1v) is 11.5. The molecule has 1 saturated heterocycles.